The number of nitrogens with zero attached hydrogens (tertiary/aromatic N) is 3. The molecule has 0 aliphatic heterocycles. The number of carbonyl (C=O) groups is 1. The molecule has 0 saturated heterocycles. The lowest BCUT2D eigenvalue weighted by Gasteiger charge is -2.08. The van der Waals surface area contributed by atoms with Gasteiger partial charge >= 0.3 is 18.2 Å². The Morgan fingerprint density at radius 1 is 1.25 bits per heavy atom. The third-order valence-electron chi connectivity index (χ3n) is 2.14. The van der Waals surface area contributed by atoms with E-state index < -0.39 is 23.8 Å². The summed E-state index contributed by atoms with van der Waals surface area (Å²) < 4.78 is 42.3. The SMILES string of the molecule is O=C(O)c1ccncc1Oc1nccc(C(F)(F)F)n1. The first kappa shape index (κ1) is 13.7. The van der Waals surface area contributed by atoms with Gasteiger partial charge in [0.2, 0.25) is 0 Å². The quantitative estimate of drug-likeness (QED) is 0.931. The molecule has 104 valence electrons. The number of aromatic nitrogens is 3. The molecular formula is C11H6F3N3O3. The van der Waals surface area contributed by atoms with Crippen LogP contribution in [0.2, 0.25) is 0 Å². The van der Waals surface area contributed by atoms with E-state index >= 15 is 0 Å². The normalized spacial score (nSPS) is 11.2. The van der Waals surface area contributed by atoms with E-state index in [1.807, 2.05) is 0 Å². The summed E-state index contributed by atoms with van der Waals surface area (Å²) in [6.07, 6.45) is -1.52. The van der Waals surface area contributed by atoms with Gasteiger partial charge in [0.05, 0.1) is 6.20 Å². The van der Waals surface area contributed by atoms with Gasteiger partial charge in [-0.05, 0) is 12.1 Å². The Bertz CT molecular complexity index is 646. The summed E-state index contributed by atoms with van der Waals surface area (Å²) in [5.41, 5.74) is -1.45. The molecule has 9 heteroatoms. The summed E-state index contributed by atoms with van der Waals surface area (Å²) in [5, 5.41) is 8.90. The van der Waals surface area contributed by atoms with E-state index in [-0.39, 0.29) is 11.3 Å². The van der Waals surface area contributed by atoms with E-state index in [1.165, 1.54) is 6.20 Å². The molecule has 0 aliphatic carbocycles. The largest absolute Gasteiger partial charge is 0.478 e. The molecule has 20 heavy (non-hydrogen) atoms. The fourth-order valence-electron chi connectivity index (χ4n) is 1.28. The predicted molar refractivity (Wildman–Crippen MR) is 58.3 cm³/mol. The van der Waals surface area contributed by atoms with Crippen LogP contribution in [0.3, 0.4) is 0 Å². The van der Waals surface area contributed by atoms with Crippen LogP contribution in [0.1, 0.15) is 16.1 Å². The molecule has 0 spiro atoms. The van der Waals surface area contributed by atoms with Crippen LogP contribution in [0.5, 0.6) is 11.8 Å². The number of halogens is 3. The first-order valence-electron chi connectivity index (χ1n) is 5.13. The summed E-state index contributed by atoms with van der Waals surface area (Å²) in [6, 6.07) is 1.20. The van der Waals surface area contributed by atoms with Gasteiger partial charge in [-0.1, -0.05) is 0 Å². The molecule has 6 nitrogen and oxygen atoms in total. The Labute approximate surface area is 109 Å². The maximum Gasteiger partial charge on any atom is 0.433 e. The minimum Gasteiger partial charge on any atom is -0.478 e. The number of aromatic carboxylic acids is 1. The summed E-state index contributed by atoms with van der Waals surface area (Å²) >= 11 is 0. The van der Waals surface area contributed by atoms with E-state index in [2.05, 4.69) is 15.0 Å². The molecule has 2 aromatic rings. The van der Waals surface area contributed by atoms with Gasteiger partial charge in [-0.2, -0.15) is 18.2 Å². The fourth-order valence-corrected chi connectivity index (χ4v) is 1.28. The number of hydrogen-bond donors (Lipinski definition) is 1. The number of carboxylic acids is 1. The summed E-state index contributed by atoms with van der Waals surface area (Å²) in [5.74, 6) is -1.56. The summed E-state index contributed by atoms with van der Waals surface area (Å²) in [7, 11) is 0. The molecule has 2 aromatic heterocycles. The lowest BCUT2D eigenvalue weighted by Crippen LogP contribution is -2.09. The highest BCUT2D eigenvalue weighted by atomic mass is 19.4. The molecule has 0 saturated carbocycles. The molecule has 0 radical (unpaired) electrons. The van der Waals surface area contributed by atoms with Crippen LogP contribution >= 0.6 is 0 Å². The van der Waals surface area contributed by atoms with Crippen LogP contribution in [0.25, 0.3) is 0 Å². The van der Waals surface area contributed by atoms with E-state index in [9.17, 15) is 18.0 Å². The zero-order valence-corrected chi connectivity index (χ0v) is 9.63. The number of hydrogen-bond acceptors (Lipinski definition) is 5. The van der Waals surface area contributed by atoms with Crippen LogP contribution in [0, 0.1) is 0 Å². The van der Waals surface area contributed by atoms with E-state index in [4.69, 9.17) is 9.84 Å². The second-order valence-electron chi connectivity index (χ2n) is 3.50. The molecular weight excluding hydrogens is 279 g/mol. The van der Waals surface area contributed by atoms with Gasteiger partial charge in [0.1, 0.15) is 5.56 Å². The number of pyridine rings is 1. The third-order valence-corrected chi connectivity index (χ3v) is 2.14. The number of rotatable bonds is 3. The maximum atomic E-state index is 12.5. The zero-order valence-electron chi connectivity index (χ0n) is 9.63. The highest BCUT2D eigenvalue weighted by Crippen LogP contribution is 2.29. The van der Waals surface area contributed by atoms with Crippen molar-refractivity contribution in [1.29, 1.82) is 0 Å². The monoisotopic (exact) mass is 285 g/mol. The standard InChI is InChI=1S/C11H6F3N3O3/c12-11(13,14)8-2-4-16-10(17-8)20-7-5-15-3-1-6(7)9(18)19/h1-5H,(H,18,19). The lowest BCUT2D eigenvalue weighted by atomic mass is 10.2. The van der Waals surface area contributed by atoms with E-state index in [0.717, 1.165) is 18.5 Å². The van der Waals surface area contributed by atoms with Gasteiger partial charge in [-0.15, -0.1) is 0 Å². The van der Waals surface area contributed by atoms with Crippen molar-refractivity contribution >= 4 is 5.97 Å². The molecule has 0 aliphatic rings. The second kappa shape index (κ2) is 5.11. The molecule has 2 heterocycles. The van der Waals surface area contributed by atoms with Crippen molar-refractivity contribution in [3.8, 4) is 11.8 Å². The average Bonchev–Trinajstić information content (AvgIpc) is 2.38. The summed E-state index contributed by atoms with van der Waals surface area (Å²) in [6.45, 7) is 0. The van der Waals surface area contributed by atoms with Crippen molar-refractivity contribution in [2.24, 2.45) is 0 Å². The van der Waals surface area contributed by atoms with Gasteiger partial charge in [0, 0.05) is 12.4 Å². The average molecular weight is 285 g/mol. The predicted octanol–water partition coefficient (Wildman–Crippen LogP) is 2.38. The van der Waals surface area contributed by atoms with Crippen molar-refractivity contribution in [2.75, 3.05) is 0 Å². The molecule has 2 rings (SSSR count). The zero-order chi connectivity index (χ0) is 14.8. The summed E-state index contributed by atoms with van der Waals surface area (Å²) in [4.78, 5) is 21.2. The molecule has 0 aromatic carbocycles. The minimum atomic E-state index is -4.65. The van der Waals surface area contributed by atoms with Crippen molar-refractivity contribution in [2.45, 2.75) is 6.18 Å². The molecule has 0 amide bonds. The highest BCUT2D eigenvalue weighted by Gasteiger charge is 2.33. The number of alkyl halides is 3. The van der Waals surface area contributed by atoms with Gasteiger partial charge < -0.3 is 9.84 Å². The highest BCUT2D eigenvalue weighted by molar-refractivity contribution is 5.90. The Morgan fingerprint density at radius 3 is 2.65 bits per heavy atom. The van der Waals surface area contributed by atoms with E-state index in [1.54, 1.807) is 0 Å². The number of carboxylic acid groups (broad SMARTS) is 1. The van der Waals surface area contributed by atoms with Crippen LogP contribution in [-0.4, -0.2) is 26.0 Å². The molecule has 0 bridgehead atoms. The lowest BCUT2D eigenvalue weighted by molar-refractivity contribution is -0.141. The Hall–Kier alpha value is -2.71. The Kier molecular flexibility index (Phi) is 3.51. The maximum absolute atomic E-state index is 12.5. The van der Waals surface area contributed by atoms with Gasteiger partial charge in [-0.3, -0.25) is 4.98 Å². The van der Waals surface area contributed by atoms with Crippen LogP contribution in [-0.2, 0) is 6.18 Å². The Morgan fingerprint density at radius 2 is 2.00 bits per heavy atom. The fraction of sp³-hybridized carbons (Fsp3) is 0.0909. The van der Waals surface area contributed by atoms with Gasteiger partial charge in [-0.25, -0.2) is 9.78 Å². The first-order valence-corrected chi connectivity index (χ1v) is 5.13. The third kappa shape index (κ3) is 2.99. The van der Waals surface area contributed by atoms with Gasteiger partial charge in [0.15, 0.2) is 11.4 Å². The molecule has 0 fully saturated rings. The smallest absolute Gasteiger partial charge is 0.433 e. The van der Waals surface area contributed by atoms with Crippen molar-refractivity contribution in [3.63, 3.8) is 0 Å². The van der Waals surface area contributed by atoms with E-state index in [0.29, 0.717) is 6.07 Å². The van der Waals surface area contributed by atoms with Crippen molar-refractivity contribution < 1.29 is 27.8 Å². The second-order valence-corrected chi connectivity index (χ2v) is 3.50. The molecule has 0 atom stereocenters. The Balaban J connectivity index is 2.34. The molecule has 1 N–H and O–H groups in total. The van der Waals surface area contributed by atoms with Crippen LogP contribution < -0.4 is 4.74 Å². The van der Waals surface area contributed by atoms with Crippen LogP contribution in [0.15, 0.2) is 30.7 Å². The topological polar surface area (TPSA) is 85.2 Å². The minimum absolute atomic E-state index is 0.251. The molecule has 0 unspecified atom stereocenters. The number of ether oxygens (including phenoxy) is 1. The van der Waals surface area contributed by atoms with Crippen LogP contribution in [0.4, 0.5) is 13.2 Å². The van der Waals surface area contributed by atoms with Gasteiger partial charge in [0.25, 0.3) is 0 Å². The van der Waals surface area contributed by atoms with Crippen molar-refractivity contribution in [1.82, 2.24) is 15.0 Å². The van der Waals surface area contributed by atoms with Crippen molar-refractivity contribution in [3.05, 3.63) is 42.0 Å². The first-order chi connectivity index (χ1) is 9.38.